The Morgan fingerprint density at radius 1 is 1.22 bits per heavy atom. The van der Waals surface area contributed by atoms with Crippen LogP contribution >= 0.6 is 0 Å². The van der Waals surface area contributed by atoms with Crippen molar-refractivity contribution in [1.82, 2.24) is 0 Å². The van der Waals surface area contributed by atoms with E-state index in [4.69, 9.17) is 22.3 Å². The van der Waals surface area contributed by atoms with Gasteiger partial charge in [0, 0.05) is 0 Å². The van der Waals surface area contributed by atoms with Gasteiger partial charge in [0.05, 0.1) is 6.04 Å². The summed E-state index contributed by atoms with van der Waals surface area (Å²) in [5, 5.41) is 8.78. The average molecular weight is 256 g/mol. The summed E-state index contributed by atoms with van der Waals surface area (Å²) in [6.07, 6.45) is 6.94. The number of carboxylic acids is 1. The maximum atomic E-state index is 10.7. The van der Waals surface area contributed by atoms with Crippen LogP contribution in [0.5, 0.6) is 0 Å². The molecule has 0 aromatic carbocycles. The topological polar surface area (TPSA) is 128 Å². The molecule has 0 spiro atoms. The number of guanidine groups is 1. The van der Waals surface area contributed by atoms with E-state index in [0.29, 0.717) is 18.8 Å². The van der Waals surface area contributed by atoms with Crippen molar-refractivity contribution in [2.24, 2.45) is 28.1 Å². The van der Waals surface area contributed by atoms with Crippen molar-refractivity contribution < 1.29 is 9.90 Å². The standard InChI is InChI=1S/C12H24N4O2/c13-9(11(17)18)6-7-10(16-12(14)15)8-4-2-1-3-5-8/h8-10H,1-7,13H2,(H,17,18)(H4,14,15,16)/t9-,10?/m1/s1. The second-order valence-corrected chi connectivity index (χ2v) is 5.04. The summed E-state index contributed by atoms with van der Waals surface area (Å²) in [5.74, 6) is -0.432. The highest BCUT2D eigenvalue weighted by atomic mass is 16.4. The van der Waals surface area contributed by atoms with Crippen LogP contribution in [0.1, 0.15) is 44.9 Å². The van der Waals surface area contributed by atoms with Crippen molar-refractivity contribution in [2.45, 2.75) is 57.0 Å². The highest BCUT2D eigenvalue weighted by Gasteiger charge is 2.24. The molecule has 1 rings (SSSR count). The van der Waals surface area contributed by atoms with Gasteiger partial charge >= 0.3 is 5.97 Å². The molecule has 0 radical (unpaired) electrons. The molecule has 0 bridgehead atoms. The van der Waals surface area contributed by atoms with E-state index in [9.17, 15) is 4.79 Å². The summed E-state index contributed by atoms with van der Waals surface area (Å²) in [7, 11) is 0. The normalized spacial score (nSPS) is 20.1. The van der Waals surface area contributed by atoms with Crippen LogP contribution in [0, 0.1) is 5.92 Å². The average Bonchev–Trinajstić information content (AvgIpc) is 2.34. The molecule has 1 aliphatic rings. The van der Waals surface area contributed by atoms with Crippen LogP contribution in [-0.2, 0) is 4.79 Å². The van der Waals surface area contributed by atoms with E-state index >= 15 is 0 Å². The number of hydrogen-bond donors (Lipinski definition) is 4. The zero-order chi connectivity index (χ0) is 13.5. The van der Waals surface area contributed by atoms with Crippen molar-refractivity contribution in [3.8, 4) is 0 Å². The molecule has 1 fully saturated rings. The molecule has 1 aliphatic carbocycles. The highest BCUT2D eigenvalue weighted by molar-refractivity contribution is 5.76. The third-order valence-electron chi connectivity index (χ3n) is 3.60. The Hall–Kier alpha value is -1.30. The first-order valence-electron chi connectivity index (χ1n) is 6.58. The summed E-state index contributed by atoms with van der Waals surface area (Å²) >= 11 is 0. The van der Waals surface area contributed by atoms with Crippen LogP contribution < -0.4 is 17.2 Å². The van der Waals surface area contributed by atoms with Crippen LogP contribution in [0.15, 0.2) is 4.99 Å². The van der Waals surface area contributed by atoms with E-state index in [1.807, 2.05) is 0 Å². The lowest BCUT2D eigenvalue weighted by molar-refractivity contribution is -0.138. The Labute approximate surface area is 108 Å². The fourth-order valence-electron chi connectivity index (χ4n) is 2.59. The molecule has 0 aliphatic heterocycles. The summed E-state index contributed by atoms with van der Waals surface area (Å²) in [4.78, 5) is 15.0. The molecule has 104 valence electrons. The van der Waals surface area contributed by atoms with Gasteiger partial charge in [0.2, 0.25) is 0 Å². The maximum absolute atomic E-state index is 10.7. The fraction of sp³-hybridized carbons (Fsp3) is 0.833. The number of carbonyl (C=O) groups is 1. The van der Waals surface area contributed by atoms with Crippen LogP contribution in [0.2, 0.25) is 0 Å². The van der Waals surface area contributed by atoms with Crippen LogP contribution in [0.4, 0.5) is 0 Å². The third-order valence-corrected chi connectivity index (χ3v) is 3.60. The Morgan fingerprint density at radius 2 is 1.83 bits per heavy atom. The van der Waals surface area contributed by atoms with Crippen LogP contribution in [0.25, 0.3) is 0 Å². The first kappa shape index (κ1) is 14.8. The lowest BCUT2D eigenvalue weighted by Gasteiger charge is -2.28. The first-order chi connectivity index (χ1) is 8.50. The lowest BCUT2D eigenvalue weighted by Crippen LogP contribution is -2.34. The molecular weight excluding hydrogens is 232 g/mol. The van der Waals surface area contributed by atoms with Gasteiger partial charge in [-0.3, -0.25) is 9.79 Å². The zero-order valence-corrected chi connectivity index (χ0v) is 10.7. The second-order valence-electron chi connectivity index (χ2n) is 5.04. The largest absolute Gasteiger partial charge is 0.480 e. The Balaban J connectivity index is 2.55. The van der Waals surface area contributed by atoms with Gasteiger partial charge < -0.3 is 22.3 Å². The molecule has 0 heterocycles. The molecule has 0 aromatic rings. The van der Waals surface area contributed by atoms with Gasteiger partial charge in [-0.05, 0) is 31.6 Å². The monoisotopic (exact) mass is 256 g/mol. The quantitative estimate of drug-likeness (QED) is 0.404. The molecular formula is C12H24N4O2. The van der Waals surface area contributed by atoms with Gasteiger partial charge in [-0.1, -0.05) is 19.3 Å². The molecule has 6 nitrogen and oxygen atoms in total. The number of carboxylic acid groups (broad SMARTS) is 1. The minimum atomic E-state index is -0.970. The molecule has 0 saturated heterocycles. The molecule has 7 N–H and O–H groups in total. The maximum Gasteiger partial charge on any atom is 0.320 e. The van der Waals surface area contributed by atoms with Crippen molar-refractivity contribution >= 4 is 11.9 Å². The smallest absolute Gasteiger partial charge is 0.320 e. The minimum absolute atomic E-state index is 0.0145. The van der Waals surface area contributed by atoms with Gasteiger partial charge in [-0.2, -0.15) is 0 Å². The number of aliphatic imine (C=N–C) groups is 1. The number of rotatable bonds is 6. The lowest BCUT2D eigenvalue weighted by atomic mass is 9.82. The molecule has 0 amide bonds. The Bertz CT molecular complexity index is 296. The second kappa shape index (κ2) is 7.20. The van der Waals surface area contributed by atoms with Gasteiger partial charge in [0.1, 0.15) is 6.04 Å². The van der Waals surface area contributed by atoms with E-state index < -0.39 is 12.0 Å². The zero-order valence-electron chi connectivity index (χ0n) is 10.7. The SMILES string of the molecule is NC(N)=NC(CC[C@@H](N)C(=O)O)C1CCCCC1. The minimum Gasteiger partial charge on any atom is -0.480 e. The van der Waals surface area contributed by atoms with E-state index in [1.54, 1.807) is 0 Å². The summed E-state index contributed by atoms with van der Waals surface area (Å²) in [6.45, 7) is 0. The Morgan fingerprint density at radius 3 is 2.33 bits per heavy atom. The molecule has 1 saturated carbocycles. The summed E-state index contributed by atoms with van der Waals surface area (Å²) in [5.41, 5.74) is 16.4. The van der Waals surface area contributed by atoms with E-state index in [-0.39, 0.29) is 12.0 Å². The number of nitrogens with zero attached hydrogens (tertiary/aromatic N) is 1. The summed E-state index contributed by atoms with van der Waals surface area (Å²) < 4.78 is 0. The predicted molar refractivity (Wildman–Crippen MR) is 71.0 cm³/mol. The number of nitrogens with two attached hydrogens (primary N) is 3. The van der Waals surface area contributed by atoms with Gasteiger partial charge in [-0.25, -0.2) is 0 Å². The van der Waals surface area contributed by atoms with E-state index in [2.05, 4.69) is 4.99 Å². The molecule has 2 atom stereocenters. The highest BCUT2D eigenvalue weighted by Crippen LogP contribution is 2.30. The summed E-state index contributed by atoms with van der Waals surface area (Å²) in [6, 6.07) is -0.814. The molecule has 1 unspecified atom stereocenters. The van der Waals surface area contributed by atoms with Crippen molar-refractivity contribution in [2.75, 3.05) is 0 Å². The number of hydrogen-bond acceptors (Lipinski definition) is 3. The predicted octanol–water partition coefficient (Wildman–Crippen LogP) is 0.401. The fourth-order valence-corrected chi connectivity index (χ4v) is 2.59. The molecule has 18 heavy (non-hydrogen) atoms. The van der Waals surface area contributed by atoms with Gasteiger partial charge in [0.25, 0.3) is 0 Å². The van der Waals surface area contributed by atoms with Crippen molar-refractivity contribution in [3.05, 3.63) is 0 Å². The van der Waals surface area contributed by atoms with Crippen LogP contribution in [0.3, 0.4) is 0 Å². The molecule has 0 aromatic heterocycles. The van der Waals surface area contributed by atoms with Gasteiger partial charge in [-0.15, -0.1) is 0 Å². The van der Waals surface area contributed by atoms with Crippen molar-refractivity contribution in [3.63, 3.8) is 0 Å². The van der Waals surface area contributed by atoms with E-state index in [0.717, 1.165) is 12.8 Å². The number of aliphatic carboxylic acids is 1. The molecule has 6 heteroatoms. The van der Waals surface area contributed by atoms with Crippen molar-refractivity contribution in [1.29, 1.82) is 0 Å². The Kier molecular flexibility index (Phi) is 5.91. The van der Waals surface area contributed by atoms with E-state index in [1.165, 1.54) is 19.3 Å². The first-order valence-corrected chi connectivity index (χ1v) is 6.58. The van der Waals surface area contributed by atoms with Crippen LogP contribution in [-0.4, -0.2) is 29.1 Å². The van der Waals surface area contributed by atoms with Gasteiger partial charge in [0.15, 0.2) is 5.96 Å². The third kappa shape index (κ3) is 4.91.